The van der Waals surface area contributed by atoms with E-state index in [1.807, 2.05) is 19.1 Å². The van der Waals surface area contributed by atoms with Gasteiger partial charge in [0.1, 0.15) is 0 Å². The van der Waals surface area contributed by atoms with E-state index in [1.165, 1.54) is 0 Å². The molecule has 4 heteroatoms. The van der Waals surface area contributed by atoms with E-state index >= 15 is 0 Å². The van der Waals surface area contributed by atoms with Gasteiger partial charge in [-0.05, 0) is 31.4 Å². The summed E-state index contributed by atoms with van der Waals surface area (Å²) >= 11 is 0. The summed E-state index contributed by atoms with van der Waals surface area (Å²) in [6.45, 7) is 6.90. The Kier molecular flexibility index (Phi) is 4.31. The minimum absolute atomic E-state index is 0.186. The van der Waals surface area contributed by atoms with Crippen molar-refractivity contribution in [1.82, 2.24) is 4.31 Å². The molecular formula is C15H23NO2S. The monoisotopic (exact) mass is 281 g/mol. The van der Waals surface area contributed by atoms with Crippen LogP contribution in [-0.2, 0) is 10.0 Å². The molecule has 2 rings (SSSR count). The van der Waals surface area contributed by atoms with Gasteiger partial charge in [0.15, 0.2) is 0 Å². The molecule has 1 aromatic carbocycles. The van der Waals surface area contributed by atoms with E-state index in [1.54, 1.807) is 16.4 Å². The maximum Gasteiger partial charge on any atom is 0.243 e. The summed E-state index contributed by atoms with van der Waals surface area (Å²) < 4.78 is 26.8. The van der Waals surface area contributed by atoms with Crippen LogP contribution >= 0.6 is 0 Å². The second-order valence-corrected chi connectivity index (χ2v) is 7.47. The third kappa shape index (κ3) is 2.84. The first-order valence-corrected chi connectivity index (χ1v) is 8.49. The van der Waals surface area contributed by atoms with Gasteiger partial charge >= 0.3 is 0 Å². The largest absolute Gasteiger partial charge is 0.243 e. The van der Waals surface area contributed by atoms with Gasteiger partial charge in [-0.1, -0.05) is 44.4 Å². The second kappa shape index (κ2) is 5.63. The fourth-order valence-corrected chi connectivity index (χ4v) is 4.50. The zero-order valence-electron chi connectivity index (χ0n) is 12.0. The van der Waals surface area contributed by atoms with Crippen LogP contribution in [0.15, 0.2) is 29.2 Å². The van der Waals surface area contributed by atoms with Gasteiger partial charge in [0.2, 0.25) is 10.0 Å². The van der Waals surface area contributed by atoms with Crippen LogP contribution in [0.3, 0.4) is 0 Å². The summed E-state index contributed by atoms with van der Waals surface area (Å²) in [5, 5.41) is 0. The van der Waals surface area contributed by atoms with Crippen molar-refractivity contribution in [2.75, 3.05) is 6.54 Å². The molecule has 0 amide bonds. The number of aryl methyl sites for hydroxylation is 1. The maximum absolute atomic E-state index is 12.6. The molecule has 0 N–H and O–H groups in total. The molecule has 3 nitrogen and oxygen atoms in total. The van der Waals surface area contributed by atoms with Crippen LogP contribution in [0.1, 0.15) is 38.7 Å². The van der Waals surface area contributed by atoms with Gasteiger partial charge < -0.3 is 0 Å². The summed E-state index contributed by atoms with van der Waals surface area (Å²) in [5.74, 6) is 0.478. The topological polar surface area (TPSA) is 37.4 Å². The van der Waals surface area contributed by atoms with Crippen LogP contribution in [0.5, 0.6) is 0 Å². The highest BCUT2D eigenvalue weighted by atomic mass is 32.2. The van der Waals surface area contributed by atoms with Crippen molar-refractivity contribution in [1.29, 1.82) is 0 Å². The molecule has 1 aliphatic rings. The minimum Gasteiger partial charge on any atom is -0.207 e. The summed E-state index contributed by atoms with van der Waals surface area (Å²) in [5.41, 5.74) is 1.08. The number of nitrogens with zero attached hydrogens (tertiary/aromatic N) is 1. The van der Waals surface area contributed by atoms with Crippen LogP contribution < -0.4 is 0 Å². The van der Waals surface area contributed by atoms with E-state index in [0.717, 1.165) is 24.8 Å². The van der Waals surface area contributed by atoms with Crippen molar-refractivity contribution in [3.8, 4) is 0 Å². The van der Waals surface area contributed by atoms with Crippen molar-refractivity contribution in [3.05, 3.63) is 29.8 Å². The number of hydrogen-bond acceptors (Lipinski definition) is 2. The van der Waals surface area contributed by atoms with E-state index in [9.17, 15) is 8.42 Å². The van der Waals surface area contributed by atoms with E-state index in [4.69, 9.17) is 0 Å². The molecule has 106 valence electrons. The van der Waals surface area contributed by atoms with Crippen molar-refractivity contribution in [2.45, 2.75) is 51.0 Å². The van der Waals surface area contributed by atoms with Gasteiger partial charge in [-0.25, -0.2) is 8.42 Å². The van der Waals surface area contributed by atoms with Gasteiger partial charge in [0.05, 0.1) is 4.90 Å². The Bertz CT molecular complexity index is 522. The van der Waals surface area contributed by atoms with E-state index in [0.29, 0.717) is 17.4 Å². The number of unbranched alkanes of at least 4 members (excludes halogenated alkanes) is 1. The molecule has 1 heterocycles. The molecule has 0 bridgehead atoms. The average molecular weight is 281 g/mol. The molecule has 0 aliphatic carbocycles. The van der Waals surface area contributed by atoms with E-state index < -0.39 is 10.0 Å². The number of sulfonamides is 1. The fourth-order valence-electron chi connectivity index (χ4n) is 2.65. The van der Waals surface area contributed by atoms with Gasteiger partial charge in [-0.2, -0.15) is 4.31 Å². The third-order valence-electron chi connectivity index (χ3n) is 3.98. The summed E-state index contributed by atoms with van der Waals surface area (Å²) in [6, 6.07) is 7.33. The summed E-state index contributed by atoms with van der Waals surface area (Å²) in [4.78, 5) is 0.423. The highest BCUT2D eigenvalue weighted by molar-refractivity contribution is 7.89. The van der Waals surface area contributed by atoms with E-state index in [-0.39, 0.29) is 6.04 Å². The first kappa shape index (κ1) is 14.5. The molecule has 19 heavy (non-hydrogen) atoms. The van der Waals surface area contributed by atoms with Crippen LogP contribution in [-0.4, -0.2) is 25.3 Å². The number of rotatable bonds is 5. The predicted molar refractivity (Wildman–Crippen MR) is 77.5 cm³/mol. The lowest BCUT2D eigenvalue weighted by atomic mass is 9.89. The Morgan fingerprint density at radius 1 is 1.26 bits per heavy atom. The average Bonchev–Trinajstić information content (AvgIpc) is 2.36. The molecule has 1 aliphatic heterocycles. The first-order chi connectivity index (χ1) is 8.96. The Hall–Kier alpha value is -0.870. The standard InChI is InChI=1S/C15H23NO2S/c1-4-5-6-15-13(3)11-16(15)19(17,18)14-9-7-12(2)8-10-14/h7-10,13,15H,4-6,11H2,1-3H3/t13-,15+/m0/s1. The van der Waals surface area contributed by atoms with Gasteiger partial charge in [0.25, 0.3) is 0 Å². The molecule has 1 aromatic rings. The van der Waals surface area contributed by atoms with E-state index in [2.05, 4.69) is 13.8 Å². The van der Waals surface area contributed by atoms with Crippen molar-refractivity contribution in [2.24, 2.45) is 5.92 Å². The molecule has 2 atom stereocenters. The van der Waals surface area contributed by atoms with Crippen LogP contribution in [0.2, 0.25) is 0 Å². The Morgan fingerprint density at radius 3 is 2.42 bits per heavy atom. The third-order valence-corrected chi connectivity index (χ3v) is 5.88. The normalized spacial score (nSPS) is 24.2. The highest BCUT2D eigenvalue weighted by Crippen LogP contribution is 2.34. The quantitative estimate of drug-likeness (QED) is 0.831. The van der Waals surface area contributed by atoms with Gasteiger partial charge in [-0.15, -0.1) is 0 Å². The minimum atomic E-state index is -3.30. The predicted octanol–water partition coefficient (Wildman–Crippen LogP) is 3.19. The maximum atomic E-state index is 12.6. The van der Waals surface area contributed by atoms with Gasteiger partial charge in [-0.3, -0.25) is 0 Å². The van der Waals surface area contributed by atoms with Crippen molar-refractivity contribution >= 4 is 10.0 Å². The second-order valence-electron chi connectivity index (χ2n) is 5.57. The fraction of sp³-hybridized carbons (Fsp3) is 0.600. The van der Waals surface area contributed by atoms with Crippen molar-refractivity contribution < 1.29 is 8.42 Å². The molecule has 1 saturated heterocycles. The summed E-state index contributed by atoms with van der Waals surface area (Å²) in [6.07, 6.45) is 3.18. The summed E-state index contributed by atoms with van der Waals surface area (Å²) in [7, 11) is -3.30. The molecular weight excluding hydrogens is 258 g/mol. The SMILES string of the molecule is CCCC[C@@H]1[C@@H](C)CN1S(=O)(=O)c1ccc(C)cc1. The van der Waals surface area contributed by atoms with Gasteiger partial charge in [0, 0.05) is 12.6 Å². The lowest BCUT2D eigenvalue weighted by Crippen LogP contribution is -2.57. The zero-order chi connectivity index (χ0) is 14.0. The zero-order valence-corrected chi connectivity index (χ0v) is 12.8. The molecule has 0 saturated carbocycles. The lowest BCUT2D eigenvalue weighted by Gasteiger charge is -2.45. The highest BCUT2D eigenvalue weighted by Gasteiger charge is 2.43. The van der Waals surface area contributed by atoms with Crippen molar-refractivity contribution in [3.63, 3.8) is 0 Å². The number of hydrogen-bond donors (Lipinski definition) is 0. The molecule has 0 unspecified atom stereocenters. The Morgan fingerprint density at radius 2 is 1.89 bits per heavy atom. The Balaban J connectivity index is 2.18. The molecule has 0 spiro atoms. The van der Waals surface area contributed by atoms with Crippen LogP contribution in [0.25, 0.3) is 0 Å². The van der Waals surface area contributed by atoms with Crippen LogP contribution in [0.4, 0.5) is 0 Å². The Labute approximate surface area is 116 Å². The lowest BCUT2D eigenvalue weighted by molar-refractivity contribution is 0.105. The molecule has 1 fully saturated rings. The first-order valence-electron chi connectivity index (χ1n) is 7.05. The molecule has 0 aromatic heterocycles. The van der Waals surface area contributed by atoms with Crippen LogP contribution in [0, 0.1) is 12.8 Å². The molecule has 0 radical (unpaired) electrons. The smallest absolute Gasteiger partial charge is 0.207 e. The number of benzene rings is 1.